The predicted molar refractivity (Wildman–Crippen MR) is 96.9 cm³/mol. The highest BCUT2D eigenvalue weighted by Gasteiger charge is 2.31. The number of ketones is 2. The molecular formula is C20H20N2O3. The van der Waals surface area contributed by atoms with Gasteiger partial charge in [0.15, 0.2) is 5.78 Å². The van der Waals surface area contributed by atoms with Crippen LogP contribution in [0, 0.1) is 6.92 Å². The van der Waals surface area contributed by atoms with Gasteiger partial charge in [-0.2, -0.15) is 0 Å². The molecule has 2 aromatic carbocycles. The normalized spacial score (nSPS) is 13.7. The third-order valence-corrected chi connectivity index (χ3v) is 4.12. The van der Waals surface area contributed by atoms with Crippen molar-refractivity contribution in [2.24, 2.45) is 0 Å². The molecule has 1 aliphatic carbocycles. The number of allylic oxidation sites excluding steroid dienone is 1. The molecule has 0 bridgehead atoms. The quantitative estimate of drug-likeness (QED) is 0.754. The Morgan fingerprint density at radius 3 is 2.32 bits per heavy atom. The Morgan fingerprint density at radius 2 is 1.64 bits per heavy atom. The van der Waals surface area contributed by atoms with E-state index in [1.165, 1.54) is 0 Å². The highest BCUT2D eigenvalue weighted by atomic mass is 16.3. The van der Waals surface area contributed by atoms with Crippen molar-refractivity contribution in [2.75, 3.05) is 25.0 Å². The minimum Gasteiger partial charge on any atom is -0.395 e. The lowest BCUT2D eigenvalue weighted by Gasteiger charge is -2.22. The minimum atomic E-state index is -0.218. The fourth-order valence-electron chi connectivity index (χ4n) is 2.91. The van der Waals surface area contributed by atoms with Gasteiger partial charge in [-0.05, 0) is 24.6 Å². The van der Waals surface area contributed by atoms with Crippen LogP contribution in [0.25, 0.3) is 0 Å². The molecule has 1 aliphatic rings. The summed E-state index contributed by atoms with van der Waals surface area (Å²) in [5.41, 5.74) is 3.45. The molecule has 2 aromatic rings. The summed E-state index contributed by atoms with van der Waals surface area (Å²) < 4.78 is 0. The van der Waals surface area contributed by atoms with E-state index < -0.39 is 0 Å². The number of hydrogen-bond donors (Lipinski definition) is 3. The number of carbonyl (C=O) groups is 2. The largest absolute Gasteiger partial charge is 0.395 e. The molecule has 0 unspecified atom stereocenters. The summed E-state index contributed by atoms with van der Waals surface area (Å²) in [6.45, 7) is 2.32. The Balaban J connectivity index is 1.93. The summed E-state index contributed by atoms with van der Waals surface area (Å²) in [7, 11) is 0. The molecule has 0 spiro atoms. The van der Waals surface area contributed by atoms with E-state index in [-0.39, 0.29) is 37.0 Å². The van der Waals surface area contributed by atoms with E-state index in [0.717, 1.165) is 11.3 Å². The maximum atomic E-state index is 12.9. The van der Waals surface area contributed by atoms with Crippen LogP contribution in [0.1, 0.15) is 26.3 Å². The lowest BCUT2D eigenvalue weighted by atomic mass is 9.87. The van der Waals surface area contributed by atoms with Crippen LogP contribution in [-0.2, 0) is 0 Å². The predicted octanol–water partition coefficient (Wildman–Crippen LogP) is 2.32. The van der Waals surface area contributed by atoms with Gasteiger partial charge >= 0.3 is 0 Å². The fraction of sp³-hybridized carbons (Fsp3) is 0.200. The Labute approximate surface area is 146 Å². The number of aryl methyl sites for hydroxylation is 1. The first-order valence-electron chi connectivity index (χ1n) is 8.18. The van der Waals surface area contributed by atoms with E-state index in [9.17, 15) is 9.59 Å². The van der Waals surface area contributed by atoms with Gasteiger partial charge in [-0.3, -0.25) is 9.59 Å². The molecule has 0 heterocycles. The van der Waals surface area contributed by atoms with Gasteiger partial charge in [0, 0.05) is 35.5 Å². The first-order chi connectivity index (χ1) is 12.1. The maximum absolute atomic E-state index is 12.9. The van der Waals surface area contributed by atoms with Gasteiger partial charge in [-0.15, -0.1) is 0 Å². The van der Waals surface area contributed by atoms with Crippen molar-refractivity contribution < 1.29 is 14.7 Å². The Bertz CT molecular complexity index is 856. The molecule has 0 amide bonds. The van der Waals surface area contributed by atoms with E-state index in [0.29, 0.717) is 16.7 Å². The average Bonchev–Trinajstić information content (AvgIpc) is 2.63. The summed E-state index contributed by atoms with van der Waals surface area (Å²) in [4.78, 5) is 25.6. The van der Waals surface area contributed by atoms with Crippen LogP contribution in [-0.4, -0.2) is 36.4 Å². The third kappa shape index (κ3) is 3.46. The van der Waals surface area contributed by atoms with E-state index in [2.05, 4.69) is 10.6 Å². The molecule has 0 fully saturated rings. The molecule has 25 heavy (non-hydrogen) atoms. The number of aliphatic hydroxyl groups is 1. The van der Waals surface area contributed by atoms with Crippen LogP contribution in [0.5, 0.6) is 0 Å². The zero-order valence-electron chi connectivity index (χ0n) is 14.0. The lowest BCUT2D eigenvalue weighted by Crippen LogP contribution is -2.34. The van der Waals surface area contributed by atoms with Gasteiger partial charge in [0.05, 0.1) is 12.3 Å². The van der Waals surface area contributed by atoms with Crippen LogP contribution < -0.4 is 10.6 Å². The van der Waals surface area contributed by atoms with Gasteiger partial charge in [-0.25, -0.2) is 0 Å². The fourth-order valence-corrected chi connectivity index (χ4v) is 2.91. The van der Waals surface area contributed by atoms with Crippen molar-refractivity contribution in [3.8, 4) is 0 Å². The lowest BCUT2D eigenvalue weighted by molar-refractivity contribution is 0.0967. The number of carbonyl (C=O) groups excluding carboxylic acids is 2. The van der Waals surface area contributed by atoms with Crippen LogP contribution in [0.15, 0.2) is 59.8 Å². The zero-order chi connectivity index (χ0) is 17.8. The topological polar surface area (TPSA) is 78.4 Å². The molecular weight excluding hydrogens is 316 g/mol. The van der Waals surface area contributed by atoms with Gasteiger partial charge < -0.3 is 15.7 Å². The molecule has 5 nitrogen and oxygen atoms in total. The van der Waals surface area contributed by atoms with Crippen molar-refractivity contribution >= 4 is 17.3 Å². The minimum absolute atomic E-state index is 0.120. The summed E-state index contributed by atoms with van der Waals surface area (Å²) in [6.07, 6.45) is 0. The summed E-state index contributed by atoms with van der Waals surface area (Å²) in [5.74, 6) is -0.388. The second-order valence-electron chi connectivity index (χ2n) is 5.93. The standard InChI is InChI=1S/C20H20N2O3/c1-13-5-4-6-14(11-13)22-12-17-18(21-9-10-23)20(25)16-8-3-2-7-15(16)19(17)24/h2-8,11,21-23H,9-10,12H2,1H3. The molecule has 0 saturated heterocycles. The van der Waals surface area contributed by atoms with Gasteiger partial charge in [0.2, 0.25) is 5.78 Å². The number of benzene rings is 2. The Hall–Kier alpha value is -2.92. The van der Waals surface area contributed by atoms with Crippen LogP contribution in [0.4, 0.5) is 5.69 Å². The molecule has 3 N–H and O–H groups in total. The second-order valence-corrected chi connectivity index (χ2v) is 5.93. The van der Waals surface area contributed by atoms with Crippen LogP contribution in [0.3, 0.4) is 0 Å². The van der Waals surface area contributed by atoms with E-state index in [1.54, 1.807) is 24.3 Å². The van der Waals surface area contributed by atoms with Gasteiger partial charge in [0.1, 0.15) is 0 Å². The Kier molecular flexibility index (Phi) is 4.95. The number of anilines is 1. The van der Waals surface area contributed by atoms with E-state index in [1.807, 2.05) is 31.2 Å². The molecule has 5 heteroatoms. The molecule has 0 atom stereocenters. The number of fused-ring (bicyclic) bond motifs is 1. The van der Waals surface area contributed by atoms with Gasteiger partial charge in [0.25, 0.3) is 0 Å². The van der Waals surface area contributed by atoms with Gasteiger partial charge in [-0.1, -0.05) is 36.4 Å². The molecule has 128 valence electrons. The summed E-state index contributed by atoms with van der Waals surface area (Å²) >= 11 is 0. The Morgan fingerprint density at radius 1 is 0.920 bits per heavy atom. The van der Waals surface area contributed by atoms with Crippen LogP contribution in [0.2, 0.25) is 0 Å². The zero-order valence-corrected chi connectivity index (χ0v) is 14.0. The number of hydrogen-bond acceptors (Lipinski definition) is 5. The number of nitrogens with one attached hydrogen (secondary N) is 2. The number of Topliss-reactive ketones (excluding diaryl/α,β-unsaturated/α-hetero) is 2. The highest BCUT2D eigenvalue weighted by Crippen LogP contribution is 2.25. The average molecular weight is 336 g/mol. The van der Waals surface area contributed by atoms with Crippen molar-refractivity contribution in [1.82, 2.24) is 5.32 Å². The molecule has 0 aromatic heterocycles. The highest BCUT2D eigenvalue weighted by molar-refractivity contribution is 6.27. The maximum Gasteiger partial charge on any atom is 0.210 e. The number of rotatable bonds is 6. The molecule has 0 aliphatic heterocycles. The van der Waals surface area contributed by atoms with Crippen LogP contribution >= 0.6 is 0 Å². The molecule has 3 rings (SSSR count). The monoisotopic (exact) mass is 336 g/mol. The van der Waals surface area contributed by atoms with Crippen molar-refractivity contribution in [3.63, 3.8) is 0 Å². The SMILES string of the molecule is Cc1cccc(NCC2=C(NCCO)C(=O)c3ccccc3C2=O)c1. The second kappa shape index (κ2) is 7.32. The first kappa shape index (κ1) is 16.9. The first-order valence-corrected chi connectivity index (χ1v) is 8.18. The van der Waals surface area contributed by atoms with E-state index >= 15 is 0 Å². The van der Waals surface area contributed by atoms with Crippen molar-refractivity contribution in [2.45, 2.75) is 6.92 Å². The molecule has 0 radical (unpaired) electrons. The number of aliphatic hydroxyl groups excluding tert-OH is 1. The summed E-state index contributed by atoms with van der Waals surface area (Å²) in [6, 6.07) is 14.6. The van der Waals surface area contributed by atoms with Crippen molar-refractivity contribution in [1.29, 1.82) is 0 Å². The molecule has 0 saturated carbocycles. The third-order valence-electron chi connectivity index (χ3n) is 4.12. The smallest absolute Gasteiger partial charge is 0.210 e. The van der Waals surface area contributed by atoms with E-state index in [4.69, 9.17) is 5.11 Å². The summed E-state index contributed by atoms with van der Waals surface area (Å²) in [5, 5.41) is 15.2. The van der Waals surface area contributed by atoms with Crippen molar-refractivity contribution in [3.05, 3.63) is 76.5 Å².